The number of rotatable bonds is 115. The number of hydrogen-bond donors (Lipinski definition) is 3. The van der Waals surface area contributed by atoms with Crippen molar-refractivity contribution in [3.8, 4) is 0 Å². The number of alkyl carbamates (subject to hydrolysis) is 1. The molecule has 1 fully saturated rings. The summed E-state index contributed by atoms with van der Waals surface area (Å²) >= 11 is 0. The summed E-state index contributed by atoms with van der Waals surface area (Å²) in [7, 11) is 3.26. The number of hydrogen-bond acceptors (Lipinski definition) is 43. The lowest BCUT2D eigenvalue weighted by atomic mass is 10.0. The third-order valence-corrected chi connectivity index (χ3v) is 17.1. The molecule has 0 aromatic rings. The summed E-state index contributed by atoms with van der Waals surface area (Å²) in [6.45, 7) is 23.8. The van der Waals surface area contributed by atoms with Crippen LogP contribution in [0.4, 0.5) is 4.79 Å². The van der Waals surface area contributed by atoms with Gasteiger partial charge in [0.1, 0.15) is 12.1 Å². The van der Waals surface area contributed by atoms with Crippen molar-refractivity contribution in [1.82, 2.24) is 21.0 Å². The van der Waals surface area contributed by atoms with Crippen LogP contribution >= 0.6 is 0 Å². The maximum absolute atomic E-state index is 13.8. The minimum absolute atomic E-state index is 0.00761. The molecule has 0 radical (unpaired) electrons. The minimum Gasteiger partial charge on any atom is -0.447 e. The number of hydroxylamine groups is 2. The van der Waals surface area contributed by atoms with E-state index in [0.29, 0.717) is 381 Å². The standard InChI is InChI=1S/C86H163N7O42/c1-100-15-17-104-23-25-108-31-33-112-39-41-116-45-47-118-49-51-120-53-55-122-57-59-124-61-63-126-65-67-128-69-71-130-73-75-132-77-86(79-134-85(99)89-11-8-84(98)135-93-82(96)6-7-83(93)97,78-133-76-74-131-72-70-129-68-66-127-64-62-125-60-58-123-56-54-121-52-50-119-48-46-117-42-40-113-34-32-109-26-24-105-18-16-101-2)91-81(95)9-13-102-19-21-106-27-29-110-35-37-114-43-44-115-38-36-111-30-28-107-22-20-103-14-12-88-80(94)5-3-4-10-90-92-87/h3-79H2,1-2H3,(H,88,94)(H,89,99)(H,91,95). The summed E-state index contributed by atoms with van der Waals surface area (Å²) in [6.07, 6.45) is -0.00475. The molecule has 0 saturated carbocycles. The van der Waals surface area contributed by atoms with Gasteiger partial charge in [0.05, 0.1) is 442 Å². The van der Waals surface area contributed by atoms with Crippen LogP contribution in [0.25, 0.3) is 10.4 Å². The molecule has 1 aliphatic heterocycles. The first-order chi connectivity index (χ1) is 66.7. The Morgan fingerprint density at radius 1 is 0.281 bits per heavy atom. The molecule has 0 spiro atoms. The summed E-state index contributed by atoms with van der Waals surface area (Å²) in [5, 5.41) is 12.0. The number of azide groups is 1. The first-order valence-electron chi connectivity index (χ1n) is 46.7. The highest BCUT2D eigenvalue weighted by atomic mass is 16.7. The Kier molecular flexibility index (Phi) is 102. The lowest BCUT2D eigenvalue weighted by molar-refractivity contribution is -0.197. The van der Waals surface area contributed by atoms with Crippen LogP contribution in [0.1, 0.15) is 44.9 Å². The van der Waals surface area contributed by atoms with E-state index in [4.69, 9.17) is 176 Å². The van der Waals surface area contributed by atoms with Gasteiger partial charge in [0, 0.05) is 64.4 Å². The van der Waals surface area contributed by atoms with Gasteiger partial charge in [0.2, 0.25) is 11.8 Å². The van der Waals surface area contributed by atoms with Gasteiger partial charge in [-0.25, -0.2) is 9.59 Å². The highest BCUT2D eigenvalue weighted by Crippen LogP contribution is 2.14. The Morgan fingerprint density at radius 3 is 0.770 bits per heavy atom. The molecule has 49 heteroatoms. The Hall–Kier alpha value is -5.23. The van der Waals surface area contributed by atoms with Gasteiger partial charge < -0.3 is 187 Å². The van der Waals surface area contributed by atoms with Gasteiger partial charge in [-0.15, -0.1) is 5.06 Å². The highest BCUT2D eigenvalue weighted by molar-refractivity contribution is 6.01. The van der Waals surface area contributed by atoms with Gasteiger partial charge in [-0.05, 0) is 18.4 Å². The fourth-order valence-electron chi connectivity index (χ4n) is 10.2. The van der Waals surface area contributed by atoms with Crippen LogP contribution in [-0.2, 0) is 195 Å². The van der Waals surface area contributed by atoms with E-state index in [0.717, 1.165) is 0 Å². The Morgan fingerprint density at radius 2 is 0.519 bits per heavy atom. The molecule has 5 amide bonds. The van der Waals surface area contributed by atoms with E-state index in [2.05, 4.69) is 26.0 Å². The molecule has 0 aromatic heterocycles. The number of ether oxygens (including phenoxy) is 35. The normalized spacial score (nSPS) is 12.3. The van der Waals surface area contributed by atoms with Gasteiger partial charge in [-0.3, -0.25) is 19.2 Å². The lowest BCUT2D eigenvalue weighted by Gasteiger charge is -2.34. The monoisotopic (exact) mass is 1970 g/mol. The lowest BCUT2D eigenvalue weighted by Crippen LogP contribution is -2.59. The van der Waals surface area contributed by atoms with Crippen molar-refractivity contribution in [2.24, 2.45) is 5.11 Å². The van der Waals surface area contributed by atoms with E-state index >= 15 is 0 Å². The van der Waals surface area contributed by atoms with E-state index in [1.807, 2.05) is 0 Å². The zero-order valence-electron chi connectivity index (χ0n) is 80.4. The summed E-state index contributed by atoms with van der Waals surface area (Å²) in [5.41, 5.74) is 6.79. The highest BCUT2D eigenvalue weighted by Gasteiger charge is 2.36. The molecular weight excluding hydrogens is 1800 g/mol. The summed E-state index contributed by atoms with van der Waals surface area (Å²) in [6, 6.07) is 0. The van der Waals surface area contributed by atoms with Crippen LogP contribution < -0.4 is 16.0 Å². The summed E-state index contributed by atoms with van der Waals surface area (Å²) in [5.74, 6) is -2.82. The van der Waals surface area contributed by atoms with Crippen molar-refractivity contribution in [3.05, 3.63) is 10.4 Å². The summed E-state index contributed by atoms with van der Waals surface area (Å²) in [4.78, 5) is 82.9. The molecule has 3 N–H and O–H groups in total. The van der Waals surface area contributed by atoms with Gasteiger partial charge >= 0.3 is 12.1 Å². The van der Waals surface area contributed by atoms with Crippen LogP contribution in [0.3, 0.4) is 0 Å². The second kappa shape index (κ2) is 108. The number of nitrogens with zero attached hydrogens (tertiary/aromatic N) is 4. The number of imide groups is 1. The van der Waals surface area contributed by atoms with Crippen LogP contribution in [-0.4, -0.2) is 523 Å². The fourth-order valence-corrected chi connectivity index (χ4v) is 10.2. The van der Waals surface area contributed by atoms with E-state index in [1.54, 1.807) is 14.2 Å². The third-order valence-electron chi connectivity index (χ3n) is 17.1. The molecule has 1 rings (SSSR count). The average Bonchev–Trinajstić information content (AvgIpc) is 1.84. The zero-order chi connectivity index (χ0) is 97.0. The van der Waals surface area contributed by atoms with Crippen molar-refractivity contribution >= 4 is 35.7 Å². The van der Waals surface area contributed by atoms with E-state index in [-0.39, 0.29) is 124 Å². The second-order valence-corrected chi connectivity index (χ2v) is 28.1. The van der Waals surface area contributed by atoms with Crippen LogP contribution in [0.15, 0.2) is 5.11 Å². The number of carbonyl (C=O) groups excluding carboxylic acids is 6. The number of unbranched alkanes of at least 4 members (excludes halogenated alkanes) is 1. The molecule has 0 bridgehead atoms. The molecule has 1 saturated heterocycles. The van der Waals surface area contributed by atoms with Gasteiger partial charge in [0.15, 0.2) is 0 Å². The molecule has 0 aliphatic carbocycles. The van der Waals surface area contributed by atoms with Crippen LogP contribution in [0.2, 0.25) is 0 Å². The Labute approximate surface area is 795 Å². The average molecular weight is 1970 g/mol. The number of methoxy groups -OCH3 is 2. The van der Waals surface area contributed by atoms with Gasteiger partial charge in [0.25, 0.3) is 11.8 Å². The maximum Gasteiger partial charge on any atom is 0.407 e. The molecule has 1 heterocycles. The van der Waals surface area contributed by atoms with Crippen molar-refractivity contribution in [1.29, 1.82) is 0 Å². The zero-order valence-corrected chi connectivity index (χ0v) is 80.4. The third kappa shape index (κ3) is 97.4. The number of amides is 5. The van der Waals surface area contributed by atoms with E-state index in [9.17, 15) is 28.8 Å². The topological polar surface area (TPSA) is 523 Å². The quantitative estimate of drug-likeness (QED) is 0.0243. The Bertz CT molecular complexity index is 2530. The smallest absolute Gasteiger partial charge is 0.407 e. The van der Waals surface area contributed by atoms with Crippen molar-refractivity contribution < 1.29 is 199 Å². The number of nitrogens with one attached hydrogen (secondary N) is 3. The maximum atomic E-state index is 13.8. The molecule has 794 valence electrons. The minimum atomic E-state index is -1.51. The largest absolute Gasteiger partial charge is 0.447 e. The predicted molar refractivity (Wildman–Crippen MR) is 477 cm³/mol. The first-order valence-corrected chi connectivity index (χ1v) is 46.7. The molecule has 0 unspecified atom stereocenters. The van der Waals surface area contributed by atoms with Gasteiger partial charge in [-0.1, -0.05) is 5.11 Å². The number of carbonyl (C=O) groups is 6. The SMILES string of the molecule is COCCOCCOCCOCCOCCOCCOCCOCCOCCOCCOCCOCCOCC(COCCOCCOCCOCCOCCOCCOCCOCCOCCOCCOCCOCCOC)(COC(=O)NCCC(=O)ON1C(=O)CCC1=O)NC(=O)CCOCCOCCOCCOCCOCCOCCOCCOCCNC(=O)CCCCN=[N+]=[N-]. The van der Waals surface area contributed by atoms with Crippen molar-refractivity contribution in [3.63, 3.8) is 0 Å². The van der Waals surface area contributed by atoms with E-state index in [1.165, 1.54) is 0 Å². The summed E-state index contributed by atoms with van der Waals surface area (Å²) < 4.78 is 194. The molecule has 1 aliphatic rings. The first kappa shape index (κ1) is 128. The molecule has 49 nitrogen and oxygen atoms in total. The molecular formula is C86H163N7O42. The Balaban J connectivity index is 2.52. The fraction of sp³-hybridized carbons (Fsp3) is 0.930. The molecule has 0 aromatic carbocycles. The molecule has 0 atom stereocenters. The van der Waals surface area contributed by atoms with Crippen molar-refractivity contribution in [2.45, 2.75) is 50.5 Å². The van der Waals surface area contributed by atoms with Crippen LogP contribution in [0, 0.1) is 0 Å². The van der Waals surface area contributed by atoms with Crippen molar-refractivity contribution in [2.75, 3.05) is 477 Å². The second-order valence-electron chi connectivity index (χ2n) is 28.1. The van der Waals surface area contributed by atoms with E-state index < -0.39 is 48.4 Å². The van der Waals surface area contributed by atoms with Crippen LogP contribution in [0.5, 0.6) is 0 Å². The predicted octanol–water partition coefficient (Wildman–Crippen LogP) is 0.376. The van der Waals surface area contributed by atoms with Gasteiger partial charge in [-0.2, -0.15) is 0 Å². The molecule has 135 heavy (non-hydrogen) atoms.